The molecule has 4 nitrogen and oxygen atoms in total. The number of aromatic nitrogens is 1. The molecule has 3 aromatic rings. The second-order valence-electron chi connectivity index (χ2n) is 7.19. The largest absolute Gasteiger partial charge is 0.334 e. The van der Waals surface area contributed by atoms with E-state index in [1.54, 1.807) is 0 Å². The van der Waals surface area contributed by atoms with Gasteiger partial charge in [-0.15, -0.1) is 11.3 Å². The number of aryl methyl sites for hydroxylation is 3. The van der Waals surface area contributed by atoms with Crippen LogP contribution in [0.4, 0.5) is 10.5 Å². The second-order valence-corrected chi connectivity index (χ2v) is 8.28. The van der Waals surface area contributed by atoms with Crippen LogP contribution in [0.5, 0.6) is 0 Å². The number of carbonyl (C=O) groups excluding carboxylic acids is 1. The molecule has 2 heterocycles. The zero-order valence-electron chi connectivity index (χ0n) is 15.8. The quantitative estimate of drug-likeness (QED) is 0.630. The maximum atomic E-state index is 12.4. The van der Waals surface area contributed by atoms with Gasteiger partial charge in [0.2, 0.25) is 0 Å². The predicted molar refractivity (Wildman–Crippen MR) is 112 cm³/mol. The van der Waals surface area contributed by atoms with Gasteiger partial charge in [0, 0.05) is 35.1 Å². The molecule has 2 N–H and O–H groups in total. The molecule has 0 fully saturated rings. The van der Waals surface area contributed by atoms with Gasteiger partial charge in [-0.3, -0.25) is 0 Å². The number of urea groups is 1. The van der Waals surface area contributed by atoms with Crippen molar-refractivity contribution in [2.75, 3.05) is 5.32 Å². The summed E-state index contributed by atoms with van der Waals surface area (Å²) in [7, 11) is 0. The van der Waals surface area contributed by atoms with Gasteiger partial charge in [-0.25, -0.2) is 4.79 Å². The zero-order chi connectivity index (χ0) is 18.8. The van der Waals surface area contributed by atoms with E-state index in [4.69, 9.17) is 0 Å². The molecular weight excluding hydrogens is 354 g/mol. The first-order chi connectivity index (χ1) is 13.1. The van der Waals surface area contributed by atoms with E-state index in [-0.39, 0.29) is 6.03 Å². The standard InChI is InChI=1S/C22H25N3OS/c1-15-9-10-17(13-16(15)2)24-22(26)23-14-19-18-7-3-4-8-20(18)27-21(19)25-11-5-6-12-25/h5-6,9-13H,3-4,7-8,14H2,1-2H3,(H2,23,24,26). The monoisotopic (exact) mass is 379 g/mol. The number of hydrogen-bond donors (Lipinski definition) is 2. The molecule has 27 heavy (non-hydrogen) atoms. The van der Waals surface area contributed by atoms with Gasteiger partial charge in [-0.05, 0) is 80.5 Å². The average molecular weight is 380 g/mol. The molecule has 0 atom stereocenters. The van der Waals surface area contributed by atoms with Gasteiger partial charge >= 0.3 is 6.03 Å². The van der Waals surface area contributed by atoms with Crippen LogP contribution in [-0.4, -0.2) is 10.6 Å². The van der Waals surface area contributed by atoms with Gasteiger partial charge in [0.05, 0.1) is 0 Å². The molecule has 5 heteroatoms. The lowest BCUT2D eigenvalue weighted by molar-refractivity contribution is 0.251. The van der Waals surface area contributed by atoms with E-state index in [0.29, 0.717) is 6.54 Å². The van der Waals surface area contributed by atoms with Crippen molar-refractivity contribution in [3.63, 3.8) is 0 Å². The highest BCUT2D eigenvalue weighted by molar-refractivity contribution is 7.14. The number of thiophene rings is 1. The fraction of sp³-hybridized carbons (Fsp3) is 0.318. The minimum atomic E-state index is -0.160. The van der Waals surface area contributed by atoms with Crippen molar-refractivity contribution >= 4 is 23.1 Å². The Hall–Kier alpha value is -2.53. The number of benzene rings is 1. The molecule has 0 unspecified atom stereocenters. The van der Waals surface area contributed by atoms with Gasteiger partial charge in [0.15, 0.2) is 0 Å². The van der Waals surface area contributed by atoms with E-state index >= 15 is 0 Å². The Morgan fingerprint density at radius 1 is 1.11 bits per heavy atom. The fourth-order valence-corrected chi connectivity index (χ4v) is 5.01. The van der Waals surface area contributed by atoms with Crippen molar-refractivity contribution < 1.29 is 4.79 Å². The SMILES string of the molecule is Cc1ccc(NC(=O)NCc2c(-n3cccc3)sc3c2CCCC3)cc1C. The van der Waals surface area contributed by atoms with Gasteiger partial charge in [-0.2, -0.15) is 0 Å². The predicted octanol–water partition coefficient (Wildman–Crippen LogP) is 5.36. The smallest absolute Gasteiger partial charge is 0.319 e. The van der Waals surface area contributed by atoms with Crippen LogP contribution in [-0.2, 0) is 19.4 Å². The number of nitrogens with one attached hydrogen (secondary N) is 2. The molecular formula is C22H25N3OS. The zero-order valence-corrected chi connectivity index (χ0v) is 16.7. The Morgan fingerprint density at radius 2 is 1.89 bits per heavy atom. The fourth-order valence-electron chi connectivity index (χ4n) is 3.64. The summed E-state index contributed by atoms with van der Waals surface area (Å²) in [6, 6.07) is 9.91. The van der Waals surface area contributed by atoms with Crippen molar-refractivity contribution in [2.45, 2.75) is 46.1 Å². The highest BCUT2D eigenvalue weighted by Crippen LogP contribution is 2.36. The number of rotatable bonds is 4. The summed E-state index contributed by atoms with van der Waals surface area (Å²) < 4.78 is 2.17. The Balaban J connectivity index is 1.51. The molecule has 1 aliphatic rings. The first kappa shape index (κ1) is 17.9. The molecule has 0 radical (unpaired) electrons. The molecule has 1 aliphatic carbocycles. The maximum Gasteiger partial charge on any atom is 0.319 e. The molecule has 4 rings (SSSR count). The van der Waals surface area contributed by atoms with E-state index < -0.39 is 0 Å². The average Bonchev–Trinajstić information content (AvgIpc) is 3.30. The third-order valence-electron chi connectivity index (χ3n) is 5.29. The van der Waals surface area contributed by atoms with Crippen LogP contribution in [0.25, 0.3) is 5.00 Å². The topological polar surface area (TPSA) is 46.1 Å². The van der Waals surface area contributed by atoms with Crippen LogP contribution in [0, 0.1) is 13.8 Å². The van der Waals surface area contributed by atoms with Crippen LogP contribution in [0.1, 0.15) is 40.0 Å². The summed E-state index contributed by atoms with van der Waals surface area (Å²) in [5.74, 6) is 0. The molecule has 0 aliphatic heterocycles. The number of hydrogen-bond acceptors (Lipinski definition) is 2. The lowest BCUT2D eigenvalue weighted by Crippen LogP contribution is -2.29. The Morgan fingerprint density at radius 3 is 2.67 bits per heavy atom. The van der Waals surface area contributed by atoms with Crippen molar-refractivity contribution in [1.29, 1.82) is 0 Å². The maximum absolute atomic E-state index is 12.4. The summed E-state index contributed by atoms with van der Waals surface area (Å²) in [5.41, 5.74) is 5.94. The first-order valence-electron chi connectivity index (χ1n) is 9.50. The lowest BCUT2D eigenvalue weighted by atomic mass is 9.95. The van der Waals surface area contributed by atoms with E-state index in [9.17, 15) is 4.79 Å². The van der Waals surface area contributed by atoms with E-state index in [1.807, 2.05) is 41.7 Å². The van der Waals surface area contributed by atoms with E-state index in [1.165, 1.54) is 45.0 Å². The lowest BCUT2D eigenvalue weighted by Gasteiger charge is -2.14. The van der Waals surface area contributed by atoms with Crippen molar-refractivity contribution in [2.24, 2.45) is 0 Å². The number of carbonyl (C=O) groups is 1. The van der Waals surface area contributed by atoms with Crippen LogP contribution in [0.15, 0.2) is 42.7 Å². The summed E-state index contributed by atoms with van der Waals surface area (Å²) in [6.45, 7) is 4.68. The second kappa shape index (κ2) is 7.61. The van der Waals surface area contributed by atoms with Crippen LogP contribution >= 0.6 is 11.3 Å². The summed E-state index contributed by atoms with van der Waals surface area (Å²) in [4.78, 5) is 13.9. The molecule has 1 aromatic carbocycles. The highest BCUT2D eigenvalue weighted by atomic mass is 32.1. The molecule has 2 aromatic heterocycles. The van der Waals surface area contributed by atoms with Gasteiger partial charge in [0.25, 0.3) is 0 Å². The minimum absolute atomic E-state index is 0.160. The highest BCUT2D eigenvalue weighted by Gasteiger charge is 2.21. The molecule has 0 saturated carbocycles. The Kier molecular flexibility index (Phi) is 5.03. The van der Waals surface area contributed by atoms with Crippen LogP contribution < -0.4 is 10.6 Å². The van der Waals surface area contributed by atoms with Crippen molar-refractivity contribution in [1.82, 2.24) is 9.88 Å². The van der Waals surface area contributed by atoms with Crippen molar-refractivity contribution in [3.8, 4) is 5.00 Å². The molecule has 140 valence electrons. The van der Waals surface area contributed by atoms with E-state index in [2.05, 4.69) is 41.4 Å². The van der Waals surface area contributed by atoms with Gasteiger partial charge in [-0.1, -0.05) is 6.07 Å². The van der Waals surface area contributed by atoms with Gasteiger partial charge in [0.1, 0.15) is 5.00 Å². The van der Waals surface area contributed by atoms with Crippen LogP contribution in [0.2, 0.25) is 0 Å². The third-order valence-corrected chi connectivity index (χ3v) is 6.64. The minimum Gasteiger partial charge on any atom is -0.334 e. The van der Waals surface area contributed by atoms with Crippen molar-refractivity contribution in [3.05, 3.63) is 69.9 Å². The summed E-state index contributed by atoms with van der Waals surface area (Å²) >= 11 is 1.87. The molecule has 0 bridgehead atoms. The number of nitrogens with zero attached hydrogens (tertiary/aromatic N) is 1. The van der Waals surface area contributed by atoms with E-state index in [0.717, 1.165) is 18.5 Å². The van der Waals surface area contributed by atoms with Gasteiger partial charge < -0.3 is 15.2 Å². The number of amides is 2. The Bertz CT molecular complexity index is 956. The number of fused-ring (bicyclic) bond motifs is 1. The number of anilines is 1. The Labute approximate surface area is 164 Å². The first-order valence-corrected chi connectivity index (χ1v) is 10.3. The summed E-state index contributed by atoms with van der Waals surface area (Å²) in [5, 5.41) is 7.25. The molecule has 0 spiro atoms. The van der Waals surface area contributed by atoms with Crippen LogP contribution in [0.3, 0.4) is 0 Å². The molecule has 0 saturated heterocycles. The summed E-state index contributed by atoms with van der Waals surface area (Å²) in [6.07, 6.45) is 8.92. The third kappa shape index (κ3) is 3.78. The molecule has 2 amide bonds. The normalized spacial score (nSPS) is 13.3.